The third kappa shape index (κ3) is 5.00. The molecule has 0 radical (unpaired) electrons. The molecule has 3 aromatic carbocycles. The van der Waals surface area contributed by atoms with E-state index >= 15 is 4.79 Å². The molecule has 3 saturated heterocycles. The average Bonchev–Trinajstić information content (AvgIpc) is 3.58. The largest absolute Gasteiger partial charge is 0.394 e. The highest BCUT2D eigenvalue weighted by Gasteiger charge is 2.80. The normalized spacial score (nSPS) is 28.4. The van der Waals surface area contributed by atoms with E-state index in [1.54, 1.807) is 26.9 Å². The van der Waals surface area contributed by atoms with Crippen molar-refractivity contribution in [2.75, 3.05) is 29.5 Å². The Labute approximate surface area is 277 Å². The molecule has 0 aromatic heterocycles. The molecule has 3 unspecified atom stereocenters. The number of nitrogens with zero attached hydrogens (tertiary/aromatic N) is 3. The summed E-state index contributed by atoms with van der Waals surface area (Å²) >= 11 is 0. The second kappa shape index (κ2) is 12.4. The fourth-order valence-electron chi connectivity index (χ4n) is 8.48. The summed E-state index contributed by atoms with van der Waals surface area (Å²) in [6.45, 7) is 15.8. The summed E-state index contributed by atoms with van der Waals surface area (Å²) in [5.41, 5.74) is -0.886. The van der Waals surface area contributed by atoms with Crippen LogP contribution in [0.1, 0.15) is 34.1 Å². The average molecular weight is 636 g/mol. The van der Waals surface area contributed by atoms with Gasteiger partial charge in [-0.3, -0.25) is 14.4 Å². The molecule has 3 amide bonds. The van der Waals surface area contributed by atoms with E-state index in [1.807, 2.05) is 100 Å². The lowest BCUT2D eigenvalue weighted by Gasteiger charge is -2.40. The van der Waals surface area contributed by atoms with Crippen LogP contribution < -0.4 is 9.80 Å². The van der Waals surface area contributed by atoms with E-state index in [9.17, 15) is 14.7 Å². The van der Waals surface area contributed by atoms with Crippen molar-refractivity contribution in [3.05, 3.63) is 98.1 Å². The van der Waals surface area contributed by atoms with E-state index in [0.717, 1.165) is 10.8 Å². The zero-order valence-corrected chi connectivity index (χ0v) is 27.7. The molecule has 3 fully saturated rings. The minimum atomic E-state index is -1.27. The van der Waals surface area contributed by atoms with Crippen molar-refractivity contribution in [2.45, 2.75) is 57.4 Å². The lowest BCUT2D eigenvalue weighted by molar-refractivity contribution is -0.150. The number of likely N-dealkylation sites (tertiary alicyclic amines) is 1. The first-order valence-corrected chi connectivity index (χ1v) is 16.6. The van der Waals surface area contributed by atoms with Crippen molar-refractivity contribution in [1.82, 2.24) is 4.90 Å². The smallest absolute Gasteiger partial charge is 0.253 e. The van der Waals surface area contributed by atoms with Crippen molar-refractivity contribution in [3.63, 3.8) is 0 Å². The molecule has 47 heavy (non-hydrogen) atoms. The Hall–Kier alpha value is -4.27. The summed E-state index contributed by atoms with van der Waals surface area (Å²) in [7, 11) is 0. The number of hydrogen-bond acceptors (Lipinski definition) is 5. The van der Waals surface area contributed by atoms with E-state index in [4.69, 9.17) is 4.74 Å². The Morgan fingerprint density at radius 1 is 0.957 bits per heavy atom. The Bertz CT molecular complexity index is 1710. The summed E-state index contributed by atoms with van der Waals surface area (Å²) in [6.07, 6.45) is 3.78. The fourth-order valence-corrected chi connectivity index (χ4v) is 8.48. The van der Waals surface area contributed by atoms with Crippen LogP contribution in [-0.2, 0) is 19.1 Å². The minimum absolute atomic E-state index is 0.128. The lowest BCUT2D eigenvalue weighted by Crippen LogP contribution is -2.60. The first-order valence-electron chi connectivity index (χ1n) is 16.6. The zero-order valence-electron chi connectivity index (χ0n) is 27.7. The number of anilines is 2. The molecule has 1 N–H and O–H groups in total. The van der Waals surface area contributed by atoms with Gasteiger partial charge in [0.25, 0.3) is 5.91 Å². The second-order valence-corrected chi connectivity index (χ2v) is 13.8. The molecule has 3 aromatic rings. The van der Waals surface area contributed by atoms with Crippen LogP contribution >= 0.6 is 0 Å². The van der Waals surface area contributed by atoms with Crippen molar-refractivity contribution in [3.8, 4) is 0 Å². The van der Waals surface area contributed by atoms with Crippen LogP contribution in [-0.4, -0.2) is 70.7 Å². The Balaban J connectivity index is 1.50. The van der Waals surface area contributed by atoms with E-state index in [2.05, 4.69) is 13.2 Å². The number of benzene rings is 3. The third-order valence-electron chi connectivity index (χ3n) is 10.8. The topological polar surface area (TPSA) is 90.4 Å². The van der Waals surface area contributed by atoms with Gasteiger partial charge in [-0.05, 0) is 60.2 Å². The van der Waals surface area contributed by atoms with Gasteiger partial charge in [0.1, 0.15) is 11.6 Å². The van der Waals surface area contributed by atoms with Gasteiger partial charge in [0, 0.05) is 24.5 Å². The second-order valence-electron chi connectivity index (χ2n) is 13.8. The molecule has 3 aliphatic rings. The van der Waals surface area contributed by atoms with Crippen LogP contribution in [0.25, 0.3) is 10.8 Å². The molecule has 0 saturated carbocycles. The van der Waals surface area contributed by atoms with Gasteiger partial charge in [-0.15, -0.1) is 13.2 Å². The summed E-state index contributed by atoms with van der Waals surface area (Å²) in [4.78, 5) is 49.7. The quantitative estimate of drug-likeness (QED) is 0.277. The van der Waals surface area contributed by atoms with Gasteiger partial charge in [0.2, 0.25) is 11.8 Å². The van der Waals surface area contributed by atoms with Crippen LogP contribution in [0.15, 0.2) is 98.1 Å². The highest BCUT2D eigenvalue weighted by Crippen LogP contribution is 2.66. The predicted molar refractivity (Wildman–Crippen MR) is 185 cm³/mol. The maximum Gasteiger partial charge on any atom is 0.253 e. The first kappa shape index (κ1) is 32.7. The fraction of sp³-hybridized carbons (Fsp3) is 0.410. The van der Waals surface area contributed by atoms with Crippen molar-refractivity contribution < 1.29 is 24.2 Å². The van der Waals surface area contributed by atoms with Gasteiger partial charge in [-0.2, -0.15) is 0 Å². The van der Waals surface area contributed by atoms with Crippen LogP contribution in [0.3, 0.4) is 0 Å². The van der Waals surface area contributed by atoms with Crippen LogP contribution in [0.2, 0.25) is 0 Å². The minimum Gasteiger partial charge on any atom is -0.394 e. The van der Waals surface area contributed by atoms with Gasteiger partial charge >= 0.3 is 0 Å². The van der Waals surface area contributed by atoms with Crippen molar-refractivity contribution in [2.24, 2.45) is 23.7 Å². The number of para-hydroxylation sites is 1. The Morgan fingerprint density at radius 3 is 2.19 bits per heavy atom. The molecule has 8 nitrogen and oxygen atoms in total. The number of rotatable bonds is 11. The number of ether oxygens (including phenoxy) is 1. The van der Waals surface area contributed by atoms with Gasteiger partial charge < -0.3 is 24.5 Å². The van der Waals surface area contributed by atoms with Crippen LogP contribution in [0.5, 0.6) is 0 Å². The summed E-state index contributed by atoms with van der Waals surface area (Å²) in [5.74, 6) is -2.92. The van der Waals surface area contributed by atoms with Gasteiger partial charge in [-0.25, -0.2) is 0 Å². The van der Waals surface area contributed by atoms with Gasteiger partial charge in [-0.1, -0.05) is 81.5 Å². The molecule has 2 bridgehead atoms. The molecule has 0 aliphatic carbocycles. The summed E-state index contributed by atoms with van der Waals surface area (Å²) in [6, 6.07) is 21.4. The Morgan fingerprint density at radius 2 is 1.57 bits per heavy atom. The molecule has 8 heteroatoms. The molecular formula is C39H45N3O5. The number of aliphatic hydroxyl groups is 1. The van der Waals surface area contributed by atoms with Crippen LogP contribution in [0.4, 0.5) is 11.4 Å². The first-order chi connectivity index (χ1) is 22.5. The molecule has 246 valence electrons. The van der Waals surface area contributed by atoms with E-state index < -0.39 is 35.1 Å². The third-order valence-corrected chi connectivity index (χ3v) is 10.8. The number of carbonyl (C=O) groups excluding carboxylic acids is 3. The predicted octanol–water partition coefficient (Wildman–Crippen LogP) is 5.61. The van der Waals surface area contributed by atoms with E-state index in [1.165, 1.54) is 0 Å². The molecule has 6 rings (SSSR count). The van der Waals surface area contributed by atoms with Crippen molar-refractivity contribution >= 4 is 39.9 Å². The summed E-state index contributed by atoms with van der Waals surface area (Å²) in [5, 5.41) is 12.7. The number of hydrogen-bond donors (Lipinski definition) is 1. The molecule has 1 spiro atoms. The maximum absolute atomic E-state index is 15.2. The number of amides is 3. The number of aliphatic hydroxyl groups excluding tert-OH is 1. The SMILES string of the molecule is C=CCN(C(=O)C1N([C@@H](CO)C(C)C)C(=O)[C@@H]2[C@@H](C(=O)N(CC=C)c3ccccc3)[C@]3(C)OC12CC3C)c1ccc2ccccc2c1. The highest BCUT2D eigenvalue weighted by atomic mass is 16.5. The molecule has 3 aliphatic heterocycles. The molecular weight excluding hydrogens is 590 g/mol. The lowest BCUT2D eigenvalue weighted by atomic mass is 9.62. The number of fused-ring (bicyclic) bond motifs is 2. The van der Waals surface area contributed by atoms with E-state index in [0.29, 0.717) is 17.8 Å². The Kier molecular flexibility index (Phi) is 8.61. The van der Waals surface area contributed by atoms with E-state index in [-0.39, 0.29) is 49.3 Å². The van der Waals surface area contributed by atoms with Gasteiger partial charge in [0.15, 0.2) is 0 Å². The standard InChI is InChI=1S/C39H45N3O5/c1-7-20-40(29-16-10-9-11-17-29)35(44)32-33-36(45)42(31(24-43)25(3)4)34(39(33)23-26(5)38(32,6)47-39)37(46)41(21-8-2)30-19-18-27-14-12-13-15-28(27)22-30/h7-19,22,25-26,31-34,43H,1-2,20-21,23-24H2,3-6H3/t26?,31-,32-,33-,34?,38+,39?/m0/s1. The molecule has 7 atom stereocenters. The van der Waals surface area contributed by atoms with Crippen molar-refractivity contribution in [1.29, 1.82) is 0 Å². The van der Waals surface area contributed by atoms with Gasteiger partial charge in [0.05, 0.1) is 30.1 Å². The highest BCUT2D eigenvalue weighted by molar-refractivity contribution is 6.07. The number of carbonyl (C=O) groups is 3. The molecule has 3 heterocycles. The summed E-state index contributed by atoms with van der Waals surface area (Å²) < 4.78 is 7.03. The monoisotopic (exact) mass is 635 g/mol. The maximum atomic E-state index is 15.2. The zero-order chi connectivity index (χ0) is 33.7. The van der Waals surface area contributed by atoms with Crippen LogP contribution in [0, 0.1) is 23.7 Å².